The largest absolute Gasteiger partial charge is 0.493 e. The Kier molecular flexibility index (Phi) is 13.0. The van der Waals surface area contributed by atoms with Gasteiger partial charge in [-0.2, -0.15) is 0 Å². The molecule has 14 heteroatoms. The maximum atomic E-state index is 14.0. The maximum absolute atomic E-state index is 14.0. The van der Waals surface area contributed by atoms with Gasteiger partial charge in [0.15, 0.2) is 11.3 Å². The van der Waals surface area contributed by atoms with Crippen molar-refractivity contribution in [1.82, 2.24) is 29.4 Å². The number of hydrogen-bond acceptors (Lipinski definition) is 9. The van der Waals surface area contributed by atoms with Gasteiger partial charge in [0.05, 0.1) is 24.4 Å². The number of ether oxygens (including phenoxy) is 3. The number of nitrogens with zero attached hydrogens (tertiary/aromatic N) is 5. The summed E-state index contributed by atoms with van der Waals surface area (Å²) in [6, 6.07) is 3.95. The molecule has 0 radical (unpaired) electrons. The van der Waals surface area contributed by atoms with E-state index in [0.717, 1.165) is 31.5 Å². The number of carbonyl (C=O) groups excluding carboxylic acids is 3. The van der Waals surface area contributed by atoms with E-state index in [1.54, 1.807) is 64.3 Å². The number of aromatic nitrogens is 4. The van der Waals surface area contributed by atoms with Crippen LogP contribution in [0.1, 0.15) is 106 Å². The van der Waals surface area contributed by atoms with Gasteiger partial charge in [0.2, 0.25) is 5.91 Å². The Bertz CT molecular complexity index is 1790. The van der Waals surface area contributed by atoms with Crippen LogP contribution in [0, 0.1) is 12.8 Å². The minimum Gasteiger partial charge on any atom is -0.493 e. The van der Waals surface area contributed by atoms with E-state index in [1.165, 1.54) is 16.2 Å². The Balaban J connectivity index is 1.69. The average molecular weight is 724 g/mol. The van der Waals surface area contributed by atoms with Crippen molar-refractivity contribution >= 4 is 29.3 Å². The minimum atomic E-state index is -1.08. The molecule has 0 bridgehead atoms. The number of nitrogens with one attached hydrogen (secondary N) is 2. The molecule has 14 nitrogen and oxygen atoms in total. The fraction of sp³-hybridized carbons (Fsp3) is 0.632. The van der Waals surface area contributed by atoms with Gasteiger partial charge >= 0.3 is 12.2 Å². The summed E-state index contributed by atoms with van der Waals surface area (Å²) in [6.07, 6.45) is 4.98. The zero-order valence-corrected chi connectivity index (χ0v) is 32.6. The van der Waals surface area contributed by atoms with E-state index < -0.39 is 35.3 Å². The van der Waals surface area contributed by atoms with Gasteiger partial charge in [-0.1, -0.05) is 46.0 Å². The summed E-state index contributed by atoms with van der Waals surface area (Å²) in [6.45, 7) is 19.0. The highest BCUT2D eigenvalue weighted by Crippen LogP contribution is 2.31. The SMILES string of the molecule is CCCCCC(CC)Cc1nc(C)c2c(=O)[nH]c(-c3cc(NC(=O)C4CN(C(=O)OC(C)(C)C)CCN4C(=O)OC(C)(C)C)ccc3OCC)nn12. The number of rotatable bonds is 12. The summed E-state index contributed by atoms with van der Waals surface area (Å²) in [5.41, 5.74) is -0.0606. The third-order valence-corrected chi connectivity index (χ3v) is 8.77. The number of benzene rings is 1. The molecule has 1 aromatic carbocycles. The van der Waals surface area contributed by atoms with Crippen LogP contribution in [-0.2, 0) is 20.7 Å². The normalized spacial score (nSPS) is 15.8. The van der Waals surface area contributed by atoms with Crippen LogP contribution in [0.5, 0.6) is 5.75 Å². The number of imidazole rings is 1. The topological polar surface area (TPSA) is 160 Å². The molecular formula is C38H57N7O7. The van der Waals surface area contributed by atoms with Gasteiger partial charge in [0.1, 0.15) is 28.8 Å². The van der Waals surface area contributed by atoms with Crippen LogP contribution in [0.2, 0.25) is 0 Å². The summed E-state index contributed by atoms with van der Waals surface area (Å²) in [5, 5.41) is 7.78. The van der Waals surface area contributed by atoms with E-state index in [9.17, 15) is 19.2 Å². The predicted molar refractivity (Wildman–Crippen MR) is 200 cm³/mol. The Morgan fingerprint density at radius 1 is 1.00 bits per heavy atom. The highest BCUT2D eigenvalue weighted by molar-refractivity contribution is 5.98. The fourth-order valence-corrected chi connectivity index (χ4v) is 6.22. The summed E-state index contributed by atoms with van der Waals surface area (Å²) in [5.74, 6) is 1.30. The Hall–Kier alpha value is -4.62. The quantitative estimate of drug-likeness (QED) is 0.193. The number of carbonyl (C=O) groups is 3. The van der Waals surface area contributed by atoms with Crippen molar-refractivity contribution in [3.8, 4) is 17.1 Å². The van der Waals surface area contributed by atoms with Crippen LogP contribution in [0.3, 0.4) is 0 Å². The van der Waals surface area contributed by atoms with Gasteiger partial charge < -0.3 is 29.4 Å². The van der Waals surface area contributed by atoms with Crippen LogP contribution < -0.4 is 15.6 Å². The average Bonchev–Trinajstić information content (AvgIpc) is 3.37. The lowest BCUT2D eigenvalue weighted by molar-refractivity contribution is -0.123. The van der Waals surface area contributed by atoms with Crippen LogP contribution in [0.25, 0.3) is 16.9 Å². The first-order valence-electron chi connectivity index (χ1n) is 18.5. The zero-order chi connectivity index (χ0) is 38.4. The van der Waals surface area contributed by atoms with Crippen molar-refractivity contribution in [1.29, 1.82) is 0 Å². The van der Waals surface area contributed by atoms with Crippen molar-refractivity contribution in [3.05, 3.63) is 40.1 Å². The highest BCUT2D eigenvalue weighted by atomic mass is 16.6. The van der Waals surface area contributed by atoms with Crippen molar-refractivity contribution in [2.45, 2.75) is 125 Å². The highest BCUT2D eigenvalue weighted by Gasteiger charge is 2.40. The van der Waals surface area contributed by atoms with Gasteiger partial charge in [0.25, 0.3) is 5.56 Å². The Morgan fingerprint density at radius 3 is 2.33 bits per heavy atom. The first-order valence-corrected chi connectivity index (χ1v) is 18.5. The number of fused-ring (bicyclic) bond motifs is 1. The van der Waals surface area contributed by atoms with Crippen LogP contribution in [0.15, 0.2) is 23.0 Å². The molecule has 3 heterocycles. The molecule has 2 unspecified atom stereocenters. The molecule has 3 amide bonds. The minimum absolute atomic E-state index is 0.0656. The third-order valence-electron chi connectivity index (χ3n) is 8.77. The summed E-state index contributed by atoms with van der Waals surface area (Å²) >= 11 is 0. The van der Waals surface area contributed by atoms with E-state index in [4.69, 9.17) is 24.3 Å². The monoisotopic (exact) mass is 723 g/mol. The third kappa shape index (κ3) is 10.3. The number of H-pyrrole nitrogens is 1. The summed E-state index contributed by atoms with van der Waals surface area (Å²) in [4.78, 5) is 64.2. The van der Waals surface area contributed by atoms with Crippen LogP contribution >= 0.6 is 0 Å². The number of piperazine rings is 1. The number of aryl methyl sites for hydroxylation is 1. The summed E-state index contributed by atoms with van der Waals surface area (Å²) in [7, 11) is 0. The van der Waals surface area contributed by atoms with Crippen molar-refractivity contribution in [2.24, 2.45) is 5.92 Å². The van der Waals surface area contributed by atoms with E-state index in [0.29, 0.717) is 47.2 Å². The number of amides is 3. The van der Waals surface area contributed by atoms with Crippen LogP contribution in [0.4, 0.5) is 15.3 Å². The first kappa shape index (κ1) is 40.2. The van der Waals surface area contributed by atoms with E-state index in [-0.39, 0.29) is 31.0 Å². The molecule has 0 saturated carbocycles. The lowest BCUT2D eigenvalue weighted by atomic mass is 9.95. The molecule has 1 fully saturated rings. The fourth-order valence-electron chi connectivity index (χ4n) is 6.22. The van der Waals surface area contributed by atoms with Crippen LogP contribution in [-0.4, -0.2) is 91.0 Å². The van der Waals surface area contributed by atoms with E-state index in [2.05, 4.69) is 24.1 Å². The second-order valence-corrected chi connectivity index (χ2v) is 15.4. The van der Waals surface area contributed by atoms with Gasteiger partial charge in [-0.05, 0) is 79.5 Å². The number of unbranched alkanes of at least 4 members (excludes halogenated alkanes) is 2. The molecule has 2 aromatic heterocycles. The van der Waals surface area contributed by atoms with Gasteiger partial charge in [-0.3, -0.25) is 14.5 Å². The molecule has 2 N–H and O–H groups in total. The van der Waals surface area contributed by atoms with Gasteiger partial charge in [-0.25, -0.2) is 19.1 Å². The van der Waals surface area contributed by atoms with Gasteiger partial charge in [-0.15, -0.1) is 5.10 Å². The van der Waals surface area contributed by atoms with Gasteiger partial charge in [0, 0.05) is 25.2 Å². The number of aromatic amines is 1. The smallest absolute Gasteiger partial charge is 0.411 e. The van der Waals surface area contributed by atoms with Crippen molar-refractivity contribution in [3.63, 3.8) is 0 Å². The lowest BCUT2D eigenvalue weighted by Gasteiger charge is -2.41. The van der Waals surface area contributed by atoms with Crippen molar-refractivity contribution in [2.75, 3.05) is 31.6 Å². The molecule has 286 valence electrons. The molecule has 1 aliphatic heterocycles. The second-order valence-electron chi connectivity index (χ2n) is 15.4. The zero-order valence-electron chi connectivity index (χ0n) is 32.6. The second kappa shape index (κ2) is 16.8. The maximum Gasteiger partial charge on any atom is 0.411 e. The predicted octanol–water partition coefficient (Wildman–Crippen LogP) is 6.74. The molecule has 4 rings (SSSR count). The van der Waals surface area contributed by atoms with E-state index >= 15 is 0 Å². The molecule has 52 heavy (non-hydrogen) atoms. The lowest BCUT2D eigenvalue weighted by Crippen LogP contribution is -2.61. The number of hydrogen-bond donors (Lipinski definition) is 2. The molecule has 0 spiro atoms. The molecule has 0 aliphatic carbocycles. The first-order chi connectivity index (χ1) is 24.4. The Morgan fingerprint density at radius 2 is 1.69 bits per heavy atom. The Labute approximate surface area is 306 Å². The molecule has 2 atom stereocenters. The molecular weight excluding hydrogens is 666 g/mol. The molecule has 3 aromatic rings. The number of anilines is 1. The molecule has 1 aliphatic rings. The molecule has 1 saturated heterocycles. The van der Waals surface area contributed by atoms with E-state index in [1.807, 2.05) is 13.8 Å². The standard InChI is InChI=1S/C38H57N7O7/c1-11-14-15-16-25(12-2)21-30-39-24(4)31-34(47)41-32(42-45(30)31)27-22-26(17-18-29(27)50-13-3)40-33(46)28-23-43(35(48)51-37(5,6)7)19-20-44(28)36(49)52-38(8,9)10/h17-18,22,25,28H,11-16,19-21,23H2,1-10H3,(H,40,46)(H,41,42,47). The van der Waals surface area contributed by atoms with Crippen molar-refractivity contribution < 1.29 is 28.6 Å². The summed E-state index contributed by atoms with van der Waals surface area (Å²) < 4.78 is 18.8.